The molecular weight excluding hydrogens is 480 g/mol. The van der Waals surface area contributed by atoms with Gasteiger partial charge in [0.25, 0.3) is 11.8 Å². The lowest BCUT2D eigenvalue weighted by molar-refractivity contribution is -0.125. The minimum atomic E-state index is -2.89. The summed E-state index contributed by atoms with van der Waals surface area (Å²) in [5, 5.41) is 18.5. The Bertz CT molecular complexity index is 1220. The summed E-state index contributed by atoms with van der Waals surface area (Å²) in [6, 6.07) is 6.34. The van der Waals surface area contributed by atoms with Crippen molar-refractivity contribution in [3.63, 3.8) is 0 Å². The SMILES string of the molecule is CC1(C)C[C@@H](C[C@@H](C#N)NC(=O)[C@H](CC2CC2(F)F)NC(=O)c2cc3cccc(Cl)c3[nH]2)C(=O)N1. The summed E-state index contributed by atoms with van der Waals surface area (Å²) in [6.45, 7) is 3.73. The van der Waals surface area contributed by atoms with E-state index in [1.807, 2.05) is 19.9 Å². The summed E-state index contributed by atoms with van der Waals surface area (Å²) in [5.41, 5.74) is 0.244. The molecule has 2 fully saturated rings. The zero-order valence-electron chi connectivity index (χ0n) is 19.3. The standard InChI is InChI=1S/C24H26ClF2N5O3/c1-23(2)9-13(20(33)32-23)6-15(11-28)29-21(34)18(8-14-10-24(14,26)27)31-22(35)17-7-12-4-3-5-16(25)19(12)30-17/h3-5,7,13-15,18,30H,6,8-10H2,1-2H3,(H,29,34)(H,31,35)(H,32,33)/t13-,14?,15+,18+/m1/s1. The number of fused-ring (bicyclic) bond motifs is 1. The van der Waals surface area contributed by atoms with Crippen molar-refractivity contribution in [3.8, 4) is 6.07 Å². The van der Waals surface area contributed by atoms with Gasteiger partial charge in [0.05, 0.1) is 16.6 Å². The predicted molar refractivity (Wildman–Crippen MR) is 125 cm³/mol. The van der Waals surface area contributed by atoms with E-state index in [9.17, 15) is 28.4 Å². The molecule has 4 atom stereocenters. The zero-order chi connectivity index (χ0) is 25.5. The number of rotatable bonds is 8. The molecule has 3 amide bonds. The van der Waals surface area contributed by atoms with Gasteiger partial charge in [0.15, 0.2) is 0 Å². The van der Waals surface area contributed by atoms with E-state index in [0.717, 1.165) is 0 Å². The summed E-state index contributed by atoms with van der Waals surface area (Å²) in [4.78, 5) is 41.0. The molecule has 11 heteroatoms. The number of carbonyl (C=O) groups is 3. The molecule has 8 nitrogen and oxygen atoms in total. The van der Waals surface area contributed by atoms with Gasteiger partial charge < -0.3 is 20.9 Å². The number of hydrogen-bond donors (Lipinski definition) is 4. The number of H-pyrrole nitrogens is 1. The number of aromatic nitrogens is 1. The molecule has 1 unspecified atom stereocenters. The molecule has 1 aliphatic heterocycles. The maximum Gasteiger partial charge on any atom is 0.268 e. The molecule has 4 N–H and O–H groups in total. The Balaban J connectivity index is 1.46. The molecule has 1 aromatic carbocycles. The normalized spacial score (nSPS) is 23.7. The number of carbonyl (C=O) groups excluding carboxylic acids is 3. The maximum atomic E-state index is 13.6. The summed E-state index contributed by atoms with van der Waals surface area (Å²) < 4.78 is 27.2. The number of amides is 3. The lowest BCUT2D eigenvalue weighted by atomic mass is 9.92. The Hall–Kier alpha value is -3.19. The molecule has 35 heavy (non-hydrogen) atoms. The monoisotopic (exact) mass is 505 g/mol. The van der Waals surface area contributed by atoms with E-state index in [4.69, 9.17) is 11.6 Å². The topological polar surface area (TPSA) is 127 Å². The summed E-state index contributed by atoms with van der Waals surface area (Å²) in [5.74, 6) is -6.01. The first kappa shape index (κ1) is 24.9. The summed E-state index contributed by atoms with van der Waals surface area (Å²) in [6.07, 6.45) is -0.0656. The average molecular weight is 506 g/mol. The lowest BCUT2D eigenvalue weighted by Gasteiger charge is -2.21. The van der Waals surface area contributed by atoms with Crippen molar-refractivity contribution in [1.29, 1.82) is 5.26 Å². The van der Waals surface area contributed by atoms with Crippen LogP contribution in [0, 0.1) is 23.2 Å². The number of alkyl halides is 2. The number of nitrogens with one attached hydrogen (secondary N) is 4. The van der Waals surface area contributed by atoms with Gasteiger partial charge in [-0.1, -0.05) is 23.7 Å². The quantitative estimate of drug-likeness (QED) is 0.439. The van der Waals surface area contributed by atoms with Gasteiger partial charge in [-0.15, -0.1) is 0 Å². The molecule has 2 aliphatic rings. The second kappa shape index (κ2) is 9.11. The predicted octanol–water partition coefficient (Wildman–Crippen LogP) is 3.28. The van der Waals surface area contributed by atoms with Gasteiger partial charge in [0.2, 0.25) is 11.8 Å². The molecule has 1 saturated heterocycles. The molecule has 0 radical (unpaired) electrons. The van der Waals surface area contributed by atoms with Crippen LogP contribution in [-0.2, 0) is 9.59 Å². The summed E-state index contributed by atoms with van der Waals surface area (Å²) >= 11 is 6.14. The Kier molecular flexibility index (Phi) is 6.49. The van der Waals surface area contributed by atoms with Crippen LogP contribution < -0.4 is 16.0 Å². The van der Waals surface area contributed by atoms with Crippen LogP contribution in [0.25, 0.3) is 10.9 Å². The highest BCUT2D eigenvalue weighted by Crippen LogP contribution is 2.51. The van der Waals surface area contributed by atoms with Gasteiger partial charge in [0.1, 0.15) is 17.8 Å². The van der Waals surface area contributed by atoms with Crippen molar-refractivity contribution in [3.05, 3.63) is 35.0 Å². The molecule has 2 heterocycles. The first-order valence-electron chi connectivity index (χ1n) is 11.4. The largest absolute Gasteiger partial charge is 0.351 e. The van der Waals surface area contributed by atoms with E-state index < -0.39 is 47.2 Å². The highest BCUT2D eigenvalue weighted by atomic mass is 35.5. The third kappa shape index (κ3) is 5.56. The third-order valence-electron chi connectivity index (χ3n) is 6.53. The maximum absolute atomic E-state index is 13.6. The van der Waals surface area contributed by atoms with Crippen molar-refractivity contribution < 1.29 is 23.2 Å². The van der Waals surface area contributed by atoms with Gasteiger partial charge in [-0.25, -0.2) is 8.78 Å². The van der Waals surface area contributed by atoms with Crippen LogP contribution >= 0.6 is 11.6 Å². The Morgan fingerprint density at radius 2 is 1.97 bits per heavy atom. The van der Waals surface area contributed by atoms with E-state index in [0.29, 0.717) is 22.3 Å². The van der Waals surface area contributed by atoms with Gasteiger partial charge in [0, 0.05) is 29.2 Å². The van der Waals surface area contributed by atoms with Crippen molar-refractivity contribution in [1.82, 2.24) is 20.9 Å². The second-order valence-electron chi connectivity index (χ2n) is 10.0. The van der Waals surface area contributed by atoms with Crippen LogP contribution in [0.1, 0.15) is 50.0 Å². The fourth-order valence-corrected chi connectivity index (χ4v) is 4.83. The Morgan fingerprint density at radius 3 is 2.54 bits per heavy atom. The number of nitrogens with zero attached hydrogens (tertiary/aromatic N) is 1. The van der Waals surface area contributed by atoms with Crippen LogP contribution in [0.15, 0.2) is 24.3 Å². The molecule has 1 saturated carbocycles. The van der Waals surface area contributed by atoms with Gasteiger partial charge in [-0.2, -0.15) is 5.26 Å². The summed E-state index contributed by atoms with van der Waals surface area (Å²) in [7, 11) is 0. The second-order valence-corrected chi connectivity index (χ2v) is 10.4. The van der Waals surface area contributed by atoms with Crippen LogP contribution in [0.5, 0.6) is 0 Å². The molecular formula is C24H26ClF2N5O3. The minimum Gasteiger partial charge on any atom is -0.351 e. The van der Waals surface area contributed by atoms with E-state index in [1.165, 1.54) is 0 Å². The van der Waals surface area contributed by atoms with Crippen molar-refractivity contribution >= 4 is 40.2 Å². The number of aromatic amines is 1. The van der Waals surface area contributed by atoms with Gasteiger partial charge in [-0.3, -0.25) is 14.4 Å². The van der Waals surface area contributed by atoms with Crippen LogP contribution in [0.2, 0.25) is 5.02 Å². The van der Waals surface area contributed by atoms with Crippen molar-refractivity contribution in [2.45, 2.75) is 63.1 Å². The number of benzene rings is 1. The van der Waals surface area contributed by atoms with E-state index in [-0.39, 0.29) is 30.9 Å². The fourth-order valence-electron chi connectivity index (χ4n) is 4.61. The van der Waals surface area contributed by atoms with Crippen LogP contribution in [-0.4, -0.2) is 46.3 Å². The molecule has 1 aliphatic carbocycles. The minimum absolute atomic E-state index is 0.0816. The molecule has 4 rings (SSSR count). The highest BCUT2D eigenvalue weighted by molar-refractivity contribution is 6.35. The molecule has 0 spiro atoms. The van der Waals surface area contributed by atoms with Crippen LogP contribution in [0.3, 0.4) is 0 Å². The number of halogens is 3. The van der Waals surface area contributed by atoms with Gasteiger partial charge >= 0.3 is 0 Å². The van der Waals surface area contributed by atoms with Crippen LogP contribution in [0.4, 0.5) is 8.78 Å². The van der Waals surface area contributed by atoms with E-state index in [1.54, 1.807) is 24.3 Å². The van der Waals surface area contributed by atoms with Gasteiger partial charge in [-0.05, 0) is 45.2 Å². The number of nitriles is 1. The Labute approximate surface area is 205 Å². The smallest absolute Gasteiger partial charge is 0.268 e. The molecule has 2 aromatic rings. The van der Waals surface area contributed by atoms with Crippen molar-refractivity contribution in [2.75, 3.05) is 0 Å². The van der Waals surface area contributed by atoms with Crippen molar-refractivity contribution in [2.24, 2.45) is 11.8 Å². The first-order chi connectivity index (χ1) is 16.4. The Morgan fingerprint density at radius 1 is 1.26 bits per heavy atom. The third-order valence-corrected chi connectivity index (χ3v) is 6.84. The molecule has 0 bridgehead atoms. The van der Waals surface area contributed by atoms with E-state index >= 15 is 0 Å². The fraction of sp³-hybridized carbons (Fsp3) is 0.500. The average Bonchev–Trinajstić information content (AvgIpc) is 3.09. The number of para-hydroxylation sites is 1. The highest BCUT2D eigenvalue weighted by Gasteiger charge is 2.57. The molecule has 1 aromatic heterocycles. The lowest BCUT2D eigenvalue weighted by Crippen LogP contribution is -2.50. The first-order valence-corrected chi connectivity index (χ1v) is 11.7. The van der Waals surface area contributed by atoms with E-state index in [2.05, 4.69) is 20.9 Å². The molecule has 186 valence electrons. The number of hydrogen-bond acceptors (Lipinski definition) is 4. The zero-order valence-corrected chi connectivity index (χ0v) is 20.0.